The number of rotatable bonds is 5. The summed E-state index contributed by atoms with van der Waals surface area (Å²) in [5, 5.41) is 6.44. The highest BCUT2D eigenvalue weighted by molar-refractivity contribution is 14.0. The van der Waals surface area contributed by atoms with Gasteiger partial charge in [-0.15, -0.1) is 24.0 Å². The van der Waals surface area contributed by atoms with Gasteiger partial charge in [-0.2, -0.15) is 0 Å². The Morgan fingerprint density at radius 3 is 2.52 bits per heavy atom. The van der Waals surface area contributed by atoms with Gasteiger partial charge in [-0.05, 0) is 42.3 Å². The predicted molar refractivity (Wildman–Crippen MR) is 106 cm³/mol. The van der Waals surface area contributed by atoms with E-state index >= 15 is 0 Å². The summed E-state index contributed by atoms with van der Waals surface area (Å²) in [7, 11) is 0. The molecule has 5 nitrogen and oxygen atoms in total. The number of hydrogen-bond donors (Lipinski definition) is 2. The van der Waals surface area contributed by atoms with Crippen molar-refractivity contribution in [2.75, 3.05) is 13.3 Å². The molecule has 0 saturated heterocycles. The minimum atomic E-state index is -0.234. The number of hydrogen-bond acceptors (Lipinski definition) is 3. The molecule has 3 rings (SSSR count). The molecule has 7 heteroatoms. The molecule has 2 N–H and O–H groups in total. The van der Waals surface area contributed by atoms with Crippen LogP contribution in [0.15, 0.2) is 47.5 Å². The molecule has 1 aliphatic heterocycles. The molecule has 1 heterocycles. The van der Waals surface area contributed by atoms with E-state index in [4.69, 9.17) is 9.47 Å². The highest BCUT2D eigenvalue weighted by atomic mass is 127. The maximum absolute atomic E-state index is 12.9. The summed E-state index contributed by atoms with van der Waals surface area (Å²) in [5.41, 5.74) is 2.03. The molecule has 0 spiro atoms. The van der Waals surface area contributed by atoms with E-state index < -0.39 is 0 Å². The number of guanidine groups is 1. The molecule has 0 unspecified atom stereocenters. The molecule has 0 fully saturated rings. The molecule has 0 radical (unpaired) electrons. The molecule has 2 aromatic carbocycles. The zero-order valence-corrected chi connectivity index (χ0v) is 16.3. The van der Waals surface area contributed by atoms with Crippen LogP contribution in [-0.2, 0) is 13.1 Å². The number of halogens is 2. The van der Waals surface area contributed by atoms with Crippen molar-refractivity contribution in [3.05, 3.63) is 59.4 Å². The van der Waals surface area contributed by atoms with Crippen molar-refractivity contribution in [3.8, 4) is 11.5 Å². The molecule has 0 atom stereocenters. The van der Waals surface area contributed by atoms with E-state index in [0.29, 0.717) is 19.0 Å². The smallest absolute Gasteiger partial charge is 0.231 e. The molecule has 0 amide bonds. The Hall–Kier alpha value is -2.03. The number of nitrogens with zero attached hydrogens (tertiary/aromatic N) is 1. The van der Waals surface area contributed by atoms with E-state index in [2.05, 4.69) is 15.6 Å². The Bertz CT molecular complexity index is 723. The van der Waals surface area contributed by atoms with Crippen LogP contribution in [0.4, 0.5) is 4.39 Å². The molecule has 0 saturated carbocycles. The molecule has 0 bridgehead atoms. The number of fused-ring (bicyclic) bond motifs is 1. The van der Waals surface area contributed by atoms with Gasteiger partial charge in [-0.25, -0.2) is 9.38 Å². The van der Waals surface area contributed by atoms with Gasteiger partial charge in [0.25, 0.3) is 0 Å². The lowest BCUT2D eigenvalue weighted by atomic mass is 10.2. The lowest BCUT2D eigenvalue weighted by molar-refractivity contribution is 0.174. The number of benzene rings is 2. The van der Waals surface area contributed by atoms with Crippen molar-refractivity contribution in [1.82, 2.24) is 10.6 Å². The molecule has 134 valence electrons. The predicted octanol–water partition coefficient (Wildman–Crippen LogP) is 3.43. The van der Waals surface area contributed by atoms with Crippen molar-refractivity contribution < 1.29 is 13.9 Å². The van der Waals surface area contributed by atoms with Crippen LogP contribution in [-0.4, -0.2) is 19.3 Å². The average Bonchev–Trinajstić information content (AvgIpc) is 3.06. The Balaban J connectivity index is 0.00000225. The molecule has 1 aliphatic rings. The SMILES string of the molecule is CCNC(=NCc1ccc2c(c1)OCO2)NCc1ccc(F)cc1.I. The first kappa shape index (κ1) is 19.3. The summed E-state index contributed by atoms with van der Waals surface area (Å²) in [6.45, 7) is 4.14. The van der Waals surface area contributed by atoms with Crippen LogP contribution in [0.2, 0.25) is 0 Å². The number of aliphatic imine (C=N–C) groups is 1. The third-order valence-corrected chi connectivity index (χ3v) is 3.57. The van der Waals surface area contributed by atoms with Gasteiger partial charge in [-0.1, -0.05) is 18.2 Å². The van der Waals surface area contributed by atoms with Crippen LogP contribution < -0.4 is 20.1 Å². The minimum Gasteiger partial charge on any atom is -0.454 e. The standard InChI is InChI=1S/C18H20FN3O2.HI/c1-2-20-18(21-10-13-3-6-15(19)7-4-13)22-11-14-5-8-16-17(9-14)24-12-23-16;/h3-9H,2,10-12H2,1H3,(H2,20,21,22);1H. The van der Waals surface area contributed by atoms with Gasteiger partial charge in [0.2, 0.25) is 6.79 Å². The van der Waals surface area contributed by atoms with E-state index in [-0.39, 0.29) is 36.6 Å². The minimum absolute atomic E-state index is 0. The zero-order chi connectivity index (χ0) is 16.8. The summed E-state index contributed by atoms with van der Waals surface area (Å²) < 4.78 is 23.6. The Kier molecular flexibility index (Phi) is 7.30. The fraction of sp³-hybridized carbons (Fsp3) is 0.278. The van der Waals surface area contributed by atoms with Gasteiger partial charge in [-0.3, -0.25) is 0 Å². The van der Waals surface area contributed by atoms with E-state index in [0.717, 1.165) is 29.2 Å². The van der Waals surface area contributed by atoms with Gasteiger partial charge in [0.15, 0.2) is 17.5 Å². The second-order valence-electron chi connectivity index (χ2n) is 5.36. The number of nitrogens with one attached hydrogen (secondary N) is 2. The van der Waals surface area contributed by atoms with E-state index in [1.54, 1.807) is 12.1 Å². The van der Waals surface area contributed by atoms with Crippen LogP contribution >= 0.6 is 24.0 Å². The topological polar surface area (TPSA) is 54.9 Å². The summed E-state index contributed by atoms with van der Waals surface area (Å²) >= 11 is 0. The maximum atomic E-state index is 12.9. The summed E-state index contributed by atoms with van der Waals surface area (Å²) in [6.07, 6.45) is 0. The van der Waals surface area contributed by atoms with Crippen LogP contribution in [0.1, 0.15) is 18.1 Å². The van der Waals surface area contributed by atoms with Gasteiger partial charge in [0.05, 0.1) is 6.54 Å². The maximum Gasteiger partial charge on any atom is 0.231 e. The Morgan fingerprint density at radius 1 is 1.04 bits per heavy atom. The number of ether oxygens (including phenoxy) is 2. The van der Waals surface area contributed by atoms with Crippen molar-refractivity contribution in [3.63, 3.8) is 0 Å². The van der Waals surface area contributed by atoms with Crippen LogP contribution in [0, 0.1) is 5.82 Å². The molecule has 0 aliphatic carbocycles. The fourth-order valence-electron chi connectivity index (χ4n) is 2.34. The summed E-state index contributed by atoms with van der Waals surface area (Å²) in [4.78, 5) is 4.57. The molecule has 0 aromatic heterocycles. The monoisotopic (exact) mass is 457 g/mol. The van der Waals surface area contributed by atoms with Crippen LogP contribution in [0.5, 0.6) is 11.5 Å². The highest BCUT2D eigenvalue weighted by Gasteiger charge is 2.12. The average molecular weight is 457 g/mol. The van der Waals surface area contributed by atoms with Crippen molar-refractivity contribution in [2.45, 2.75) is 20.0 Å². The van der Waals surface area contributed by atoms with Gasteiger partial charge in [0, 0.05) is 13.1 Å². The van der Waals surface area contributed by atoms with Crippen LogP contribution in [0.25, 0.3) is 0 Å². The molecular formula is C18H21FIN3O2. The third kappa shape index (κ3) is 5.48. The molecule has 25 heavy (non-hydrogen) atoms. The lowest BCUT2D eigenvalue weighted by Crippen LogP contribution is -2.36. The van der Waals surface area contributed by atoms with Gasteiger partial charge in [0.1, 0.15) is 5.82 Å². The normalized spacial score (nSPS) is 12.5. The Morgan fingerprint density at radius 2 is 1.76 bits per heavy atom. The van der Waals surface area contributed by atoms with Crippen molar-refractivity contribution in [2.24, 2.45) is 4.99 Å². The van der Waals surface area contributed by atoms with Gasteiger partial charge < -0.3 is 20.1 Å². The Labute approximate surface area is 163 Å². The first-order chi connectivity index (χ1) is 11.7. The second-order valence-corrected chi connectivity index (χ2v) is 5.36. The van der Waals surface area contributed by atoms with Crippen molar-refractivity contribution in [1.29, 1.82) is 0 Å². The highest BCUT2D eigenvalue weighted by Crippen LogP contribution is 2.32. The fourth-order valence-corrected chi connectivity index (χ4v) is 2.34. The van der Waals surface area contributed by atoms with E-state index in [1.165, 1.54) is 12.1 Å². The third-order valence-electron chi connectivity index (χ3n) is 3.57. The first-order valence-corrected chi connectivity index (χ1v) is 7.90. The summed E-state index contributed by atoms with van der Waals surface area (Å²) in [6, 6.07) is 12.2. The van der Waals surface area contributed by atoms with Crippen molar-refractivity contribution >= 4 is 29.9 Å². The summed E-state index contributed by atoms with van der Waals surface area (Å²) in [5.74, 6) is 2.00. The van der Waals surface area contributed by atoms with Crippen LogP contribution in [0.3, 0.4) is 0 Å². The first-order valence-electron chi connectivity index (χ1n) is 7.90. The second kappa shape index (κ2) is 9.45. The lowest BCUT2D eigenvalue weighted by Gasteiger charge is -2.11. The van der Waals surface area contributed by atoms with Gasteiger partial charge >= 0.3 is 0 Å². The molecular weight excluding hydrogens is 436 g/mol. The quantitative estimate of drug-likeness (QED) is 0.411. The molecule has 2 aromatic rings. The largest absolute Gasteiger partial charge is 0.454 e. The zero-order valence-electron chi connectivity index (χ0n) is 13.9. The van der Waals surface area contributed by atoms with E-state index in [9.17, 15) is 4.39 Å². The van der Waals surface area contributed by atoms with E-state index in [1.807, 2.05) is 25.1 Å².